The van der Waals surface area contributed by atoms with Crippen molar-refractivity contribution in [2.45, 2.75) is 32.6 Å². The lowest BCUT2D eigenvalue weighted by atomic mass is 9.93. The summed E-state index contributed by atoms with van der Waals surface area (Å²) in [6.07, 6.45) is 4.28. The average molecular weight is 392 g/mol. The van der Waals surface area contributed by atoms with Crippen LogP contribution in [-0.2, 0) is 19.3 Å². The van der Waals surface area contributed by atoms with Gasteiger partial charge in [0.25, 0.3) is 0 Å². The monoisotopic (exact) mass is 391 g/mol. The molecule has 0 unspecified atom stereocenters. The van der Waals surface area contributed by atoms with Crippen molar-refractivity contribution in [3.05, 3.63) is 34.3 Å². The largest absolute Gasteiger partial charge is 0.493 e. The molecule has 1 aromatic heterocycles. The van der Waals surface area contributed by atoms with Crippen LogP contribution in [0, 0.1) is 5.92 Å². The van der Waals surface area contributed by atoms with Crippen molar-refractivity contribution >= 4 is 33.8 Å². The molecule has 0 radical (unpaired) electrons. The smallest absolute Gasteiger partial charge is 0.189 e. The minimum absolute atomic E-state index is 0.615. The summed E-state index contributed by atoms with van der Waals surface area (Å²) in [6.45, 7) is 3.04. The molecule has 2 N–H and O–H groups in total. The van der Waals surface area contributed by atoms with Crippen molar-refractivity contribution in [1.29, 1.82) is 0 Å². The predicted octanol–water partition coefficient (Wildman–Crippen LogP) is 3.81. The zero-order valence-electron chi connectivity index (χ0n) is 15.4. The Morgan fingerprint density at radius 2 is 2.12 bits per heavy atom. The van der Waals surface area contributed by atoms with E-state index in [-0.39, 0.29) is 0 Å². The standard InChI is InChI=1S/C19H25N3O2S2/c1-12-4-6-14-17(10-12)26-19(21-14)22-18(25)20-9-8-13-5-7-15(23-2)16(11-13)24-3/h5,7,11-12H,4,6,8-10H2,1-3H3,(H2,20,21,22,25)/t12-/m0/s1. The molecule has 0 saturated heterocycles. The average Bonchev–Trinajstić information content (AvgIpc) is 3.02. The van der Waals surface area contributed by atoms with Gasteiger partial charge in [-0.1, -0.05) is 13.0 Å². The summed E-state index contributed by atoms with van der Waals surface area (Å²) in [5, 5.41) is 7.99. The second-order valence-corrected chi connectivity index (χ2v) is 8.05. The number of anilines is 1. The lowest BCUT2D eigenvalue weighted by Crippen LogP contribution is -2.30. The molecule has 140 valence electrons. The molecule has 0 aliphatic heterocycles. The van der Waals surface area contributed by atoms with E-state index in [2.05, 4.69) is 22.5 Å². The molecule has 1 heterocycles. The van der Waals surface area contributed by atoms with Gasteiger partial charge >= 0.3 is 0 Å². The third kappa shape index (κ3) is 4.65. The first kappa shape index (κ1) is 18.9. The molecule has 1 aliphatic carbocycles. The van der Waals surface area contributed by atoms with Crippen molar-refractivity contribution < 1.29 is 9.47 Å². The number of methoxy groups -OCH3 is 2. The topological polar surface area (TPSA) is 55.4 Å². The minimum atomic E-state index is 0.615. The highest BCUT2D eigenvalue weighted by Crippen LogP contribution is 2.32. The highest BCUT2D eigenvalue weighted by Gasteiger charge is 2.19. The normalized spacial score (nSPS) is 15.9. The van der Waals surface area contributed by atoms with Crippen molar-refractivity contribution in [2.75, 3.05) is 26.1 Å². The van der Waals surface area contributed by atoms with Crippen molar-refractivity contribution in [3.8, 4) is 11.5 Å². The van der Waals surface area contributed by atoms with Crippen LogP contribution >= 0.6 is 23.6 Å². The summed E-state index contributed by atoms with van der Waals surface area (Å²) in [4.78, 5) is 6.08. The van der Waals surface area contributed by atoms with Crippen LogP contribution in [0.2, 0.25) is 0 Å². The number of thiocarbonyl (C=S) groups is 1. The molecule has 3 rings (SSSR count). The number of nitrogens with one attached hydrogen (secondary N) is 2. The van der Waals surface area contributed by atoms with E-state index in [0.717, 1.165) is 53.9 Å². The van der Waals surface area contributed by atoms with Crippen LogP contribution in [0.3, 0.4) is 0 Å². The zero-order chi connectivity index (χ0) is 18.5. The summed E-state index contributed by atoms with van der Waals surface area (Å²) >= 11 is 7.13. The second kappa shape index (κ2) is 8.68. The maximum atomic E-state index is 5.40. The van der Waals surface area contributed by atoms with E-state index in [0.29, 0.717) is 5.11 Å². The minimum Gasteiger partial charge on any atom is -0.493 e. The molecule has 7 heteroatoms. The number of ether oxygens (including phenoxy) is 2. The van der Waals surface area contributed by atoms with Crippen LogP contribution in [0.4, 0.5) is 5.13 Å². The summed E-state index contributed by atoms with van der Waals surface area (Å²) in [5.41, 5.74) is 2.40. The van der Waals surface area contributed by atoms with Crippen LogP contribution in [0.1, 0.15) is 29.5 Å². The van der Waals surface area contributed by atoms with E-state index in [1.165, 1.54) is 17.0 Å². The third-order valence-electron chi connectivity index (χ3n) is 4.55. The van der Waals surface area contributed by atoms with E-state index in [1.807, 2.05) is 18.2 Å². The van der Waals surface area contributed by atoms with Crippen molar-refractivity contribution in [2.24, 2.45) is 5.92 Å². The molecule has 1 aliphatic rings. The number of aryl methyl sites for hydroxylation is 1. The predicted molar refractivity (Wildman–Crippen MR) is 111 cm³/mol. The lowest BCUT2D eigenvalue weighted by Gasteiger charge is -2.15. The Morgan fingerprint density at radius 3 is 2.88 bits per heavy atom. The molecule has 1 aromatic carbocycles. The SMILES string of the molecule is COc1ccc(CCNC(=S)Nc2nc3c(s2)C[C@@H](C)CC3)cc1OC. The van der Waals surface area contributed by atoms with E-state index < -0.39 is 0 Å². The number of aromatic nitrogens is 1. The molecular formula is C19H25N3O2S2. The number of benzene rings is 1. The molecule has 0 spiro atoms. The summed E-state index contributed by atoms with van der Waals surface area (Å²) < 4.78 is 10.6. The number of thiazole rings is 1. The zero-order valence-corrected chi connectivity index (χ0v) is 17.1. The molecule has 2 aromatic rings. The number of fused-ring (bicyclic) bond motifs is 1. The quantitative estimate of drug-likeness (QED) is 0.730. The van der Waals surface area contributed by atoms with Crippen LogP contribution < -0.4 is 20.1 Å². The molecule has 0 saturated carbocycles. The first-order chi connectivity index (χ1) is 12.6. The van der Waals surface area contributed by atoms with E-state index in [1.54, 1.807) is 25.6 Å². The van der Waals surface area contributed by atoms with Crippen LogP contribution in [-0.4, -0.2) is 30.9 Å². The van der Waals surface area contributed by atoms with E-state index >= 15 is 0 Å². The molecule has 0 amide bonds. The fourth-order valence-electron chi connectivity index (χ4n) is 3.09. The third-order valence-corrected chi connectivity index (χ3v) is 5.84. The van der Waals surface area contributed by atoms with Gasteiger partial charge in [0.1, 0.15) is 0 Å². The van der Waals surface area contributed by atoms with E-state index in [4.69, 9.17) is 21.7 Å². The van der Waals surface area contributed by atoms with Gasteiger partial charge in [-0.2, -0.15) is 0 Å². The Hall–Kier alpha value is -1.86. The Bertz CT molecular complexity index is 776. The maximum Gasteiger partial charge on any atom is 0.189 e. The van der Waals surface area contributed by atoms with E-state index in [9.17, 15) is 0 Å². The van der Waals surface area contributed by atoms with Gasteiger partial charge < -0.3 is 20.1 Å². The van der Waals surface area contributed by atoms with Crippen LogP contribution in [0.25, 0.3) is 0 Å². The molecule has 5 nitrogen and oxygen atoms in total. The summed E-state index contributed by atoms with van der Waals surface area (Å²) in [5.74, 6) is 2.24. The lowest BCUT2D eigenvalue weighted by molar-refractivity contribution is 0.354. The van der Waals surface area contributed by atoms with Gasteiger partial charge in [-0.3, -0.25) is 0 Å². The number of nitrogens with zero attached hydrogens (tertiary/aromatic N) is 1. The summed E-state index contributed by atoms with van der Waals surface area (Å²) in [7, 11) is 3.29. The fourth-order valence-corrected chi connectivity index (χ4v) is 4.53. The first-order valence-corrected chi connectivity index (χ1v) is 10.1. The first-order valence-electron chi connectivity index (χ1n) is 8.83. The van der Waals surface area contributed by atoms with Crippen molar-refractivity contribution in [1.82, 2.24) is 10.3 Å². The maximum absolute atomic E-state index is 5.40. The van der Waals surface area contributed by atoms with Gasteiger partial charge in [-0.15, -0.1) is 11.3 Å². The van der Waals surface area contributed by atoms with Gasteiger partial charge in [0, 0.05) is 11.4 Å². The molecule has 0 bridgehead atoms. The highest BCUT2D eigenvalue weighted by molar-refractivity contribution is 7.80. The van der Waals surface area contributed by atoms with Crippen LogP contribution in [0.5, 0.6) is 11.5 Å². The Morgan fingerprint density at radius 1 is 1.31 bits per heavy atom. The second-order valence-electron chi connectivity index (χ2n) is 6.56. The molecular weight excluding hydrogens is 366 g/mol. The number of rotatable bonds is 6. The van der Waals surface area contributed by atoms with Gasteiger partial charge in [-0.05, 0) is 61.5 Å². The number of hydrogen-bond acceptors (Lipinski definition) is 5. The summed E-state index contributed by atoms with van der Waals surface area (Å²) in [6, 6.07) is 5.95. The number of hydrogen-bond donors (Lipinski definition) is 2. The highest BCUT2D eigenvalue weighted by atomic mass is 32.1. The Balaban J connectivity index is 1.49. The van der Waals surface area contributed by atoms with Crippen LogP contribution in [0.15, 0.2) is 18.2 Å². The Labute approximate surface area is 164 Å². The molecule has 26 heavy (non-hydrogen) atoms. The Kier molecular flexibility index (Phi) is 6.32. The van der Waals surface area contributed by atoms with Gasteiger partial charge in [0.2, 0.25) is 0 Å². The van der Waals surface area contributed by atoms with Crippen molar-refractivity contribution in [3.63, 3.8) is 0 Å². The van der Waals surface area contributed by atoms with Gasteiger partial charge in [0.15, 0.2) is 21.7 Å². The fraction of sp³-hybridized carbons (Fsp3) is 0.474. The molecule has 1 atom stereocenters. The van der Waals surface area contributed by atoms with Gasteiger partial charge in [0.05, 0.1) is 19.9 Å². The van der Waals surface area contributed by atoms with Gasteiger partial charge in [-0.25, -0.2) is 4.98 Å². The molecule has 0 fully saturated rings.